The van der Waals surface area contributed by atoms with Gasteiger partial charge in [-0.25, -0.2) is 0 Å². The first-order valence-electron chi connectivity index (χ1n) is 12.1. The third-order valence-electron chi connectivity index (χ3n) is 6.96. The van der Waals surface area contributed by atoms with E-state index in [9.17, 15) is 9.59 Å². The number of likely N-dealkylation sites (N-methyl/N-ethyl adjacent to an activating group) is 1. The Morgan fingerprint density at radius 3 is 2.54 bits per heavy atom. The van der Waals surface area contributed by atoms with Crippen LogP contribution in [0.25, 0.3) is 11.0 Å². The summed E-state index contributed by atoms with van der Waals surface area (Å²) in [7, 11) is 2.07. The Bertz CT molecular complexity index is 1190. The lowest BCUT2D eigenvalue weighted by molar-refractivity contribution is -0.135. The van der Waals surface area contributed by atoms with Crippen molar-refractivity contribution in [2.45, 2.75) is 18.9 Å². The van der Waals surface area contributed by atoms with Gasteiger partial charge in [0.2, 0.25) is 5.91 Å². The van der Waals surface area contributed by atoms with Crippen molar-refractivity contribution in [1.29, 1.82) is 0 Å². The fraction of sp³-hybridized carbons (Fsp3) is 0.407. The fourth-order valence-electron chi connectivity index (χ4n) is 4.90. The van der Waals surface area contributed by atoms with E-state index in [1.165, 1.54) is 0 Å². The maximum Gasteiger partial charge on any atom is 0.289 e. The van der Waals surface area contributed by atoms with Crippen LogP contribution < -0.4 is 4.74 Å². The largest absolute Gasteiger partial charge is 0.490 e. The number of piperidine rings is 1. The average Bonchev–Trinajstić information content (AvgIpc) is 3.29. The number of carbonyl (C=O) groups excluding carboxylic acids is 2. The second-order valence-electron chi connectivity index (χ2n) is 9.45. The molecule has 3 aromatic rings. The Hall–Kier alpha value is -3.03. The van der Waals surface area contributed by atoms with Crippen LogP contribution in [0.2, 0.25) is 5.02 Å². The molecule has 0 bridgehead atoms. The van der Waals surface area contributed by atoms with Gasteiger partial charge in [-0.15, -0.1) is 0 Å². The molecule has 1 aromatic heterocycles. The summed E-state index contributed by atoms with van der Waals surface area (Å²) >= 11 is 6.09. The number of para-hydroxylation sites is 1. The van der Waals surface area contributed by atoms with Crippen molar-refractivity contribution in [1.82, 2.24) is 14.7 Å². The van der Waals surface area contributed by atoms with Crippen molar-refractivity contribution in [3.05, 3.63) is 65.4 Å². The molecule has 0 radical (unpaired) electrons. The van der Waals surface area contributed by atoms with Gasteiger partial charge in [0.15, 0.2) is 5.76 Å². The lowest BCUT2D eigenvalue weighted by Gasteiger charge is -2.39. The molecule has 0 unspecified atom stereocenters. The first kappa shape index (κ1) is 23.7. The molecule has 0 aliphatic carbocycles. The molecular formula is C27H30ClN3O4. The minimum atomic E-state index is -0.174. The topological polar surface area (TPSA) is 66.2 Å². The predicted molar refractivity (Wildman–Crippen MR) is 135 cm³/mol. The molecule has 35 heavy (non-hydrogen) atoms. The third kappa shape index (κ3) is 5.46. The Labute approximate surface area is 210 Å². The summed E-state index contributed by atoms with van der Waals surface area (Å²) in [4.78, 5) is 32.5. The number of carbonyl (C=O) groups is 2. The number of rotatable bonds is 5. The summed E-state index contributed by atoms with van der Waals surface area (Å²) in [5.41, 5.74) is 0.627. The van der Waals surface area contributed by atoms with E-state index < -0.39 is 0 Å². The van der Waals surface area contributed by atoms with Gasteiger partial charge in [0, 0.05) is 68.4 Å². The second-order valence-corrected chi connectivity index (χ2v) is 9.89. The second kappa shape index (κ2) is 10.3. The monoisotopic (exact) mass is 495 g/mol. The van der Waals surface area contributed by atoms with E-state index in [2.05, 4.69) is 11.9 Å². The van der Waals surface area contributed by atoms with Crippen molar-refractivity contribution in [2.24, 2.45) is 5.92 Å². The average molecular weight is 496 g/mol. The number of furan rings is 1. The highest BCUT2D eigenvalue weighted by atomic mass is 35.5. The molecule has 5 rings (SSSR count). The number of likely N-dealkylation sites (tertiary alicyclic amines) is 1. The zero-order valence-electron chi connectivity index (χ0n) is 19.9. The molecule has 2 atom stereocenters. The van der Waals surface area contributed by atoms with E-state index in [0.717, 1.165) is 37.3 Å². The smallest absolute Gasteiger partial charge is 0.289 e. The predicted octanol–water partition coefficient (Wildman–Crippen LogP) is 4.16. The molecule has 2 aliphatic heterocycles. The standard InChI is InChI=1S/C27H30ClN3O4/c1-29-11-13-30(14-12-29)26(32)17-20-18-31(10-9-24(20)34-22-5-3-2-4-6-22)27(33)25-16-19-15-21(28)7-8-23(19)35-25/h2-8,15-16,20,24H,9-14,17-18H2,1H3/t20-,24-/m0/s1. The SMILES string of the molecule is CN1CCN(C(=O)C[C@H]2CN(C(=O)c3cc4cc(Cl)ccc4o3)CC[C@@H]2Oc2ccccc2)CC1. The number of hydrogen-bond acceptors (Lipinski definition) is 5. The minimum absolute atomic E-state index is 0.112. The zero-order chi connectivity index (χ0) is 24.4. The van der Waals surface area contributed by atoms with Crippen LogP contribution in [-0.4, -0.2) is 78.9 Å². The van der Waals surface area contributed by atoms with Crippen molar-refractivity contribution in [2.75, 3.05) is 46.3 Å². The molecule has 2 aliphatic rings. The van der Waals surface area contributed by atoms with Crippen LogP contribution in [0.5, 0.6) is 5.75 Å². The summed E-state index contributed by atoms with van der Waals surface area (Å²) in [5.74, 6) is 0.904. The summed E-state index contributed by atoms with van der Waals surface area (Å²) in [6, 6.07) is 16.7. The highest BCUT2D eigenvalue weighted by Crippen LogP contribution is 2.29. The number of benzene rings is 2. The lowest BCUT2D eigenvalue weighted by atomic mass is 9.90. The molecule has 8 heteroatoms. The molecule has 2 saturated heterocycles. The highest BCUT2D eigenvalue weighted by molar-refractivity contribution is 6.31. The van der Waals surface area contributed by atoms with Crippen LogP contribution in [-0.2, 0) is 4.79 Å². The van der Waals surface area contributed by atoms with E-state index in [1.807, 2.05) is 35.2 Å². The number of piperazine rings is 1. The zero-order valence-corrected chi connectivity index (χ0v) is 20.6. The Kier molecular flexibility index (Phi) is 6.97. The van der Waals surface area contributed by atoms with Crippen LogP contribution >= 0.6 is 11.6 Å². The molecule has 2 amide bonds. The number of amides is 2. The van der Waals surface area contributed by atoms with Crippen molar-refractivity contribution >= 4 is 34.4 Å². The van der Waals surface area contributed by atoms with Crippen LogP contribution in [0.4, 0.5) is 0 Å². The number of fused-ring (bicyclic) bond motifs is 1. The highest BCUT2D eigenvalue weighted by Gasteiger charge is 2.36. The number of hydrogen-bond donors (Lipinski definition) is 0. The van der Waals surface area contributed by atoms with E-state index in [1.54, 1.807) is 29.2 Å². The van der Waals surface area contributed by atoms with Gasteiger partial charge in [0.25, 0.3) is 5.91 Å². The lowest BCUT2D eigenvalue weighted by Crippen LogP contribution is -2.51. The molecule has 0 saturated carbocycles. The number of nitrogens with zero attached hydrogens (tertiary/aromatic N) is 3. The first-order chi connectivity index (χ1) is 17.0. The van der Waals surface area contributed by atoms with Gasteiger partial charge < -0.3 is 23.9 Å². The van der Waals surface area contributed by atoms with Gasteiger partial charge in [0.05, 0.1) is 0 Å². The first-order valence-corrected chi connectivity index (χ1v) is 12.5. The van der Waals surface area contributed by atoms with Crippen LogP contribution in [0.3, 0.4) is 0 Å². The summed E-state index contributed by atoms with van der Waals surface area (Å²) in [6.45, 7) is 4.19. The van der Waals surface area contributed by atoms with Gasteiger partial charge in [0.1, 0.15) is 17.4 Å². The van der Waals surface area contributed by atoms with Crippen LogP contribution in [0, 0.1) is 5.92 Å². The number of halogens is 1. The molecule has 0 N–H and O–H groups in total. The molecule has 2 aromatic carbocycles. The van der Waals surface area contributed by atoms with Crippen molar-refractivity contribution in [3.8, 4) is 5.75 Å². The van der Waals surface area contributed by atoms with E-state index in [4.69, 9.17) is 20.8 Å². The summed E-state index contributed by atoms with van der Waals surface area (Å²) in [5, 5.41) is 1.39. The fourth-order valence-corrected chi connectivity index (χ4v) is 5.09. The molecule has 2 fully saturated rings. The van der Waals surface area contributed by atoms with Gasteiger partial charge in [-0.05, 0) is 43.4 Å². The van der Waals surface area contributed by atoms with Crippen molar-refractivity contribution < 1.29 is 18.7 Å². The maximum absolute atomic E-state index is 13.3. The van der Waals surface area contributed by atoms with Gasteiger partial charge in [-0.1, -0.05) is 29.8 Å². The van der Waals surface area contributed by atoms with E-state index >= 15 is 0 Å². The summed E-state index contributed by atoms with van der Waals surface area (Å²) in [6.07, 6.45) is 0.848. The van der Waals surface area contributed by atoms with Gasteiger partial charge in [-0.2, -0.15) is 0 Å². The molecular weight excluding hydrogens is 466 g/mol. The Morgan fingerprint density at radius 2 is 1.77 bits per heavy atom. The summed E-state index contributed by atoms with van der Waals surface area (Å²) < 4.78 is 12.1. The normalized spacial score (nSPS) is 21.3. The maximum atomic E-state index is 13.3. The Morgan fingerprint density at radius 1 is 1.00 bits per heavy atom. The van der Waals surface area contributed by atoms with E-state index in [0.29, 0.717) is 36.5 Å². The van der Waals surface area contributed by atoms with E-state index in [-0.39, 0.29) is 29.6 Å². The van der Waals surface area contributed by atoms with Gasteiger partial charge >= 0.3 is 0 Å². The molecule has 0 spiro atoms. The third-order valence-corrected chi connectivity index (χ3v) is 7.20. The minimum Gasteiger partial charge on any atom is -0.490 e. The van der Waals surface area contributed by atoms with Gasteiger partial charge in [-0.3, -0.25) is 9.59 Å². The molecule has 184 valence electrons. The quantitative estimate of drug-likeness (QED) is 0.531. The van der Waals surface area contributed by atoms with Crippen LogP contribution in [0.1, 0.15) is 23.4 Å². The molecule has 7 nitrogen and oxygen atoms in total. The van der Waals surface area contributed by atoms with Crippen LogP contribution in [0.15, 0.2) is 59.0 Å². The number of ether oxygens (including phenoxy) is 1. The molecule has 3 heterocycles. The Balaban J connectivity index is 1.32. The van der Waals surface area contributed by atoms with Crippen molar-refractivity contribution in [3.63, 3.8) is 0 Å².